The fourth-order valence-corrected chi connectivity index (χ4v) is 3.12. The largest absolute Gasteiger partial charge is 0.306 e. The maximum atomic E-state index is 13.1. The predicted molar refractivity (Wildman–Crippen MR) is 104 cm³/mol. The van der Waals surface area contributed by atoms with E-state index in [-0.39, 0.29) is 11.9 Å². The highest BCUT2D eigenvalue weighted by Gasteiger charge is 2.08. The number of benzene rings is 3. The van der Waals surface area contributed by atoms with Crippen LogP contribution >= 0.6 is 23.2 Å². The molecule has 0 aliphatic heterocycles. The minimum absolute atomic E-state index is 0.170. The number of rotatable bonds is 5. The Morgan fingerprint density at radius 1 is 0.960 bits per heavy atom. The number of nitrogens with one attached hydrogen (secondary N) is 1. The molecule has 0 fully saturated rings. The molecule has 0 unspecified atom stereocenters. The summed E-state index contributed by atoms with van der Waals surface area (Å²) < 4.78 is 13.1. The topological polar surface area (TPSA) is 12.0 Å². The molecule has 3 aromatic carbocycles. The van der Waals surface area contributed by atoms with Gasteiger partial charge in [0.25, 0.3) is 0 Å². The third-order valence-corrected chi connectivity index (χ3v) is 4.71. The van der Waals surface area contributed by atoms with Crippen LogP contribution in [0.15, 0.2) is 66.7 Å². The zero-order valence-corrected chi connectivity index (χ0v) is 15.3. The van der Waals surface area contributed by atoms with Gasteiger partial charge < -0.3 is 5.32 Å². The summed E-state index contributed by atoms with van der Waals surface area (Å²) in [7, 11) is 0. The molecule has 3 rings (SSSR count). The molecular weight excluding hydrogens is 356 g/mol. The van der Waals surface area contributed by atoms with Crippen LogP contribution in [0.5, 0.6) is 0 Å². The average Bonchev–Trinajstić information content (AvgIpc) is 2.61. The van der Waals surface area contributed by atoms with Crippen molar-refractivity contribution in [2.45, 2.75) is 19.5 Å². The van der Waals surface area contributed by atoms with Crippen molar-refractivity contribution in [3.63, 3.8) is 0 Å². The summed E-state index contributed by atoms with van der Waals surface area (Å²) in [6.07, 6.45) is 0. The third kappa shape index (κ3) is 4.60. The molecular formula is C21H18Cl2FN. The van der Waals surface area contributed by atoms with Crippen LogP contribution in [0.4, 0.5) is 4.39 Å². The average molecular weight is 374 g/mol. The first-order valence-corrected chi connectivity index (χ1v) is 8.82. The summed E-state index contributed by atoms with van der Waals surface area (Å²) in [4.78, 5) is 0. The van der Waals surface area contributed by atoms with Crippen LogP contribution in [0.2, 0.25) is 10.0 Å². The zero-order valence-electron chi connectivity index (χ0n) is 13.8. The van der Waals surface area contributed by atoms with Gasteiger partial charge in [-0.15, -0.1) is 0 Å². The molecule has 0 heterocycles. The molecule has 0 saturated carbocycles. The van der Waals surface area contributed by atoms with Crippen molar-refractivity contribution in [3.05, 3.63) is 93.7 Å². The van der Waals surface area contributed by atoms with Crippen molar-refractivity contribution in [2.75, 3.05) is 0 Å². The lowest BCUT2D eigenvalue weighted by Gasteiger charge is -2.15. The molecule has 0 saturated heterocycles. The van der Waals surface area contributed by atoms with E-state index in [2.05, 4.69) is 18.3 Å². The quantitative estimate of drug-likeness (QED) is 0.527. The van der Waals surface area contributed by atoms with Crippen molar-refractivity contribution >= 4 is 23.2 Å². The standard InChI is InChI=1S/C21H18Cl2FN/c1-14(17-3-2-4-18(22)12-17)25-13-15-5-10-21(23)20(11-15)16-6-8-19(24)9-7-16/h2-12,14,25H,13H2,1H3/t14-/m1/s1. The van der Waals surface area contributed by atoms with Crippen molar-refractivity contribution in [3.8, 4) is 11.1 Å². The van der Waals surface area contributed by atoms with Gasteiger partial charge in [0.05, 0.1) is 0 Å². The van der Waals surface area contributed by atoms with Gasteiger partial charge in [-0.2, -0.15) is 0 Å². The van der Waals surface area contributed by atoms with Gasteiger partial charge in [0.15, 0.2) is 0 Å². The van der Waals surface area contributed by atoms with E-state index in [4.69, 9.17) is 23.2 Å². The monoisotopic (exact) mass is 373 g/mol. The number of hydrogen-bond donors (Lipinski definition) is 1. The molecule has 4 heteroatoms. The van der Waals surface area contributed by atoms with Gasteiger partial charge in [-0.05, 0) is 60.0 Å². The van der Waals surface area contributed by atoms with Crippen LogP contribution in [0, 0.1) is 5.82 Å². The molecule has 0 amide bonds. The van der Waals surface area contributed by atoms with Gasteiger partial charge in [0, 0.05) is 28.2 Å². The highest BCUT2D eigenvalue weighted by atomic mass is 35.5. The molecule has 1 N–H and O–H groups in total. The van der Waals surface area contributed by atoms with E-state index in [0.29, 0.717) is 11.6 Å². The van der Waals surface area contributed by atoms with Gasteiger partial charge >= 0.3 is 0 Å². The maximum Gasteiger partial charge on any atom is 0.123 e. The Kier molecular flexibility index (Phi) is 5.74. The minimum Gasteiger partial charge on any atom is -0.306 e. The molecule has 1 nitrogen and oxygen atoms in total. The lowest BCUT2D eigenvalue weighted by atomic mass is 10.0. The summed E-state index contributed by atoms with van der Waals surface area (Å²) in [5.74, 6) is -0.256. The smallest absolute Gasteiger partial charge is 0.123 e. The lowest BCUT2D eigenvalue weighted by molar-refractivity contribution is 0.575. The molecule has 0 aromatic heterocycles. The van der Waals surface area contributed by atoms with Gasteiger partial charge in [-0.25, -0.2) is 4.39 Å². The summed E-state index contributed by atoms with van der Waals surface area (Å²) >= 11 is 12.4. The second kappa shape index (κ2) is 8.01. The van der Waals surface area contributed by atoms with Gasteiger partial charge in [0.1, 0.15) is 5.82 Å². The van der Waals surface area contributed by atoms with Crippen LogP contribution in [0.25, 0.3) is 11.1 Å². The molecule has 3 aromatic rings. The van der Waals surface area contributed by atoms with Crippen LogP contribution in [0.1, 0.15) is 24.1 Å². The predicted octanol–water partition coefficient (Wildman–Crippen LogP) is 6.65. The highest BCUT2D eigenvalue weighted by Crippen LogP contribution is 2.29. The minimum atomic E-state index is -0.256. The first-order chi connectivity index (χ1) is 12.0. The van der Waals surface area contributed by atoms with Gasteiger partial charge in [0.2, 0.25) is 0 Å². The van der Waals surface area contributed by atoms with E-state index in [1.165, 1.54) is 12.1 Å². The molecule has 0 radical (unpaired) electrons. The van der Waals surface area contributed by atoms with Crippen molar-refractivity contribution in [2.24, 2.45) is 0 Å². The SMILES string of the molecule is C[C@@H](NCc1ccc(Cl)c(-c2ccc(F)cc2)c1)c1cccc(Cl)c1. The molecule has 0 aliphatic rings. The Labute approximate surface area is 157 Å². The zero-order chi connectivity index (χ0) is 17.8. The van der Waals surface area contributed by atoms with E-state index in [0.717, 1.165) is 27.3 Å². The van der Waals surface area contributed by atoms with E-state index in [1.807, 2.05) is 36.4 Å². The van der Waals surface area contributed by atoms with Crippen molar-refractivity contribution in [1.82, 2.24) is 5.32 Å². The fraction of sp³-hybridized carbons (Fsp3) is 0.143. The van der Waals surface area contributed by atoms with E-state index in [1.54, 1.807) is 12.1 Å². The van der Waals surface area contributed by atoms with Crippen molar-refractivity contribution < 1.29 is 4.39 Å². The van der Waals surface area contributed by atoms with Crippen LogP contribution in [-0.2, 0) is 6.54 Å². The van der Waals surface area contributed by atoms with Crippen LogP contribution < -0.4 is 5.32 Å². The number of halogens is 3. The number of hydrogen-bond acceptors (Lipinski definition) is 1. The summed E-state index contributed by atoms with van der Waals surface area (Å²) in [5.41, 5.74) is 4.05. The lowest BCUT2D eigenvalue weighted by Crippen LogP contribution is -2.18. The normalized spacial score (nSPS) is 12.2. The molecule has 0 spiro atoms. The second-order valence-corrected chi connectivity index (χ2v) is 6.82. The second-order valence-electron chi connectivity index (χ2n) is 5.98. The summed E-state index contributed by atoms with van der Waals surface area (Å²) in [6, 6.07) is 20.3. The summed E-state index contributed by atoms with van der Waals surface area (Å²) in [5, 5.41) is 4.87. The van der Waals surface area contributed by atoms with E-state index in [9.17, 15) is 4.39 Å². The Morgan fingerprint density at radius 2 is 1.72 bits per heavy atom. The van der Waals surface area contributed by atoms with E-state index >= 15 is 0 Å². The maximum absolute atomic E-state index is 13.1. The van der Waals surface area contributed by atoms with Gasteiger partial charge in [-0.3, -0.25) is 0 Å². The Balaban J connectivity index is 1.75. The molecule has 0 bridgehead atoms. The van der Waals surface area contributed by atoms with Crippen LogP contribution in [-0.4, -0.2) is 0 Å². The third-order valence-electron chi connectivity index (χ3n) is 4.15. The Hall–Kier alpha value is -1.87. The van der Waals surface area contributed by atoms with Gasteiger partial charge in [-0.1, -0.05) is 53.5 Å². The molecule has 128 valence electrons. The fourth-order valence-electron chi connectivity index (χ4n) is 2.70. The Morgan fingerprint density at radius 3 is 2.44 bits per heavy atom. The Bertz CT molecular complexity index is 862. The first kappa shape index (κ1) is 17.9. The first-order valence-electron chi connectivity index (χ1n) is 8.06. The van der Waals surface area contributed by atoms with Crippen LogP contribution in [0.3, 0.4) is 0 Å². The molecule has 1 atom stereocenters. The van der Waals surface area contributed by atoms with Crippen molar-refractivity contribution in [1.29, 1.82) is 0 Å². The molecule has 0 aliphatic carbocycles. The van der Waals surface area contributed by atoms with E-state index < -0.39 is 0 Å². The summed E-state index contributed by atoms with van der Waals surface area (Å²) in [6.45, 7) is 2.79. The highest BCUT2D eigenvalue weighted by molar-refractivity contribution is 6.33. The molecule has 25 heavy (non-hydrogen) atoms.